The number of nitrogens with one attached hydrogen (secondary N) is 1. The summed E-state index contributed by atoms with van der Waals surface area (Å²) in [6.07, 6.45) is 0. The first-order valence-electron chi connectivity index (χ1n) is 6.02. The molecule has 0 heterocycles. The second-order valence-electron chi connectivity index (χ2n) is 4.31. The van der Waals surface area contributed by atoms with Crippen LogP contribution in [-0.2, 0) is 0 Å². The Morgan fingerprint density at radius 3 is 2.45 bits per heavy atom. The summed E-state index contributed by atoms with van der Waals surface area (Å²) in [5.74, 6) is 0.509. The van der Waals surface area contributed by atoms with Crippen molar-refractivity contribution in [3.05, 3.63) is 62.3 Å². The lowest BCUT2D eigenvalue weighted by molar-refractivity contribution is 0.414. The molecule has 0 aliphatic heterocycles. The van der Waals surface area contributed by atoms with E-state index in [2.05, 4.69) is 37.2 Å². The van der Waals surface area contributed by atoms with E-state index < -0.39 is 0 Å². The molecule has 106 valence electrons. The first-order chi connectivity index (χ1) is 9.55. The lowest BCUT2D eigenvalue weighted by Gasteiger charge is -2.19. The molecule has 0 aromatic heterocycles. The quantitative estimate of drug-likeness (QED) is 0.802. The van der Waals surface area contributed by atoms with Crippen LogP contribution in [0.5, 0.6) is 5.75 Å². The van der Waals surface area contributed by atoms with Crippen LogP contribution in [-0.4, -0.2) is 14.2 Å². The first-order valence-corrected chi connectivity index (χ1v) is 7.60. The van der Waals surface area contributed by atoms with E-state index in [1.54, 1.807) is 7.11 Å². The molecule has 0 saturated carbocycles. The zero-order valence-electron chi connectivity index (χ0n) is 11.1. The summed E-state index contributed by atoms with van der Waals surface area (Å²) in [6, 6.07) is 10.5. The van der Waals surface area contributed by atoms with E-state index in [1.165, 1.54) is 12.1 Å². The van der Waals surface area contributed by atoms with Crippen molar-refractivity contribution in [2.24, 2.45) is 0 Å². The van der Waals surface area contributed by atoms with Crippen LogP contribution >= 0.6 is 31.9 Å². The molecule has 0 spiro atoms. The molecule has 0 aliphatic rings. The number of ether oxygens (including phenoxy) is 1. The van der Waals surface area contributed by atoms with Crippen LogP contribution in [0.15, 0.2) is 45.3 Å². The van der Waals surface area contributed by atoms with Gasteiger partial charge in [0.25, 0.3) is 0 Å². The first kappa shape index (κ1) is 15.5. The van der Waals surface area contributed by atoms with Crippen molar-refractivity contribution in [3.8, 4) is 5.75 Å². The van der Waals surface area contributed by atoms with Gasteiger partial charge in [-0.1, -0.05) is 37.9 Å². The van der Waals surface area contributed by atoms with Gasteiger partial charge < -0.3 is 10.1 Å². The molecule has 2 aromatic rings. The standard InChI is InChI=1S/C15H14Br2FNO/c1-19-15(9-5-10(16)7-11(18)6-9)13-4-3-12(20-2)8-14(13)17/h3-8,15,19H,1-2H3. The van der Waals surface area contributed by atoms with Gasteiger partial charge in [-0.15, -0.1) is 0 Å². The Balaban J connectivity index is 2.46. The molecule has 0 aliphatic carbocycles. The number of halogens is 3. The Morgan fingerprint density at radius 2 is 1.90 bits per heavy atom. The molecule has 2 rings (SSSR count). The second-order valence-corrected chi connectivity index (χ2v) is 6.08. The summed E-state index contributed by atoms with van der Waals surface area (Å²) < 4.78 is 20.4. The average molecular weight is 403 g/mol. The molecule has 0 fully saturated rings. The van der Waals surface area contributed by atoms with Crippen LogP contribution in [0.25, 0.3) is 0 Å². The smallest absolute Gasteiger partial charge is 0.124 e. The van der Waals surface area contributed by atoms with Crippen molar-refractivity contribution in [1.82, 2.24) is 5.32 Å². The van der Waals surface area contributed by atoms with Crippen molar-refractivity contribution in [2.45, 2.75) is 6.04 Å². The fourth-order valence-electron chi connectivity index (χ4n) is 2.11. The number of methoxy groups -OCH3 is 1. The average Bonchev–Trinajstić information content (AvgIpc) is 2.40. The third-order valence-electron chi connectivity index (χ3n) is 3.03. The molecule has 0 amide bonds. The molecule has 1 N–H and O–H groups in total. The summed E-state index contributed by atoms with van der Waals surface area (Å²) in [6.45, 7) is 0. The maximum Gasteiger partial charge on any atom is 0.124 e. The Hall–Kier alpha value is -0.910. The summed E-state index contributed by atoms with van der Waals surface area (Å²) in [5.41, 5.74) is 1.87. The van der Waals surface area contributed by atoms with E-state index in [9.17, 15) is 4.39 Å². The third-order valence-corrected chi connectivity index (χ3v) is 4.17. The van der Waals surface area contributed by atoms with E-state index in [0.29, 0.717) is 0 Å². The predicted molar refractivity (Wildman–Crippen MR) is 85.7 cm³/mol. The van der Waals surface area contributed by atoms with Gasteiger partial charge in [0.05, 0.1) is 13.2 Å². The SMILES string of the molecule is CNC(c1cc(F)cc(Br)c1)c1ccc(OC)cc1Br. The maximum atomic E-state index is 13.6. The van der Waals surface area contributed by atoms with Gasteiger partial charge >= 0.3 is 0 Å². The monoisotopic (exact) mass is 401 g/mol. The van der Waals surface area contributed by atoms with E-state index in [1.807, 2.05) is 31.3 Å². The maximum absolute atomic E-state index is 13.6. The highest BCUT2D eigenvalue weighted by molar-refractivity contribution is 9.10. The van der Waals surface area contributed by atoms with Gasteiger partial charge in [-0.05, 0) is 48.5 Å². The molecule has 0 radical (unpaired) electrons. The van der Waals surface area contributed by atoms with Gasteiger partial charge in [0.1, 0.15) is 11.6 Å². The van der Waals surface area contributed by atoms with Gasteiger partial charge in [0.15, 0.2) is 0 Å². The topological polar surface area (TPSA) is 21.3 Å². The van der Waals surface area contributed by atoms with Crippen molar-refractivity contribution >= 4 is 31.9 Å². The molecular weight excluding hydrogens is 389 g/mol. The van der Waals surface area contributed by atoms with Gasteiger partial charge in [-0.3, -0.25) is 0 Å². The van der Waals surface area contributed by atoms with Crippen molar-refractivity contribution in [1.29, 1.82) is 0 Å². The number of hydrogen-bond acceptors (Lipinski definition) is 2. The normalized spacial score (nSPS) is 12.2. The van der Waals surface area contributed by atoms with E-state index >= 15 is 0 Å². The zero-order valence-corrected chi connectivity index (χ0v) is 14.3. The van der Waals surface area contributed by atoms with Crippen LogP contribution in [0.1, 0.15) is 17.2 Å². The summed E-state index contributed by atoms with van der Waals surface area (Å²) >= 11 is 6.86. The molecule has 2 aromatic carbocycles. The highest BCUT2D eigenvalue weighted by atomic mass is 79.9. The largest absolute Gasteiger partial charge is 0.497 e. The Bertz CT molecular complexity index is 599. The lowest BCUT2D eigenvalue weighted by Crippen LogP contribution is -2.18. The van der Waals surface area contributed by atoms with Crippen LogP contribution in [0.2, 0.25) is 0 Å². The minimum Gasteiger partial charge on any atom is -0.497 e. The second kappa shape index (κ2) is 6.70. The minimum atomic E-state index is -0.265. The molecule has 0 bridgehead atoms. The predicted octanol–water partition coefficient (Wildman–Crippen LogP) is 4.67. The molecule has 1 atom stereocenters. The van der Waals surface area contributed by atoms with E-state index in [4.69, 9.17) is 4.74 Å². The van der Waals surface area contributed by atoms with E-state index in [-0.39, 0.29) is 11.9 Å². The number of hydrogen-bond donors (Lipinski definition) is 1. The summed E-state index contributed by atoms with van der Waals surface area (Å²) in [5, 5.41) is 3.21. The van der Waals surface area contributed by atoms with Crippen LogP contribution < -0.4 is 10.1 Å². The number of benzene rings is 2. The minimum absolute atomic E-state index is 0.109. The van der Waals surface area contributed by atoms with Crippen LogP contribution in [0.4, 0.5) is 4.39 Å². The molecule has 0 saturated heterocycles. The third kappa shape index (κ3) is 3.40. The Morgan fingerprint density at radius 1 is 1.15 bits per heavy atom. The highest BCUT2D eigenvalue weighted by Gasteiger charge is 2.16. The molecule has 20 heavy (non-hydrogen) atoms. The van der Waals surface area contributed by atoms with Crippen molar-refractivity contribution in [2.75, 3.05) is 14.2 Å². The Kier molecular flexibility index (Phi) is 5.18. The van der Waals surface area contributed by atoms with Crippen molar-refractivity contribution < 1.29 is 9.13 Å². The zero-order chi connectivity index (χ0) is 14.7. The Labute approximate surface area is 134 Å². The summed E-state index contributed by atoms with van der Waals surface area (Å²) in [7, 11) is 3.47. The molecule has 5 heteroatoms. The molecule has 1 unspecified atom stereocenters. The van der Waals surface area contributed by atoms with Gasteiger partial charge in [0.2, 0.25) is 0 Å². The molecular formula is C15H14Br2FNO. The van der Waals surface area contributed by atoms with Gasteiger partial charge in [-0.2, -0.15) is 0 Å². The van der Waals surface area contributed by atoms with Gasteiger partial charge in [-0.25, -0.2) is 4.39 Å². The fourth-order valence-corrected chi connectivity index (χ4v) is 3.18. The lowest BCUT2D eigenvalue weighted by atomic mass is 9.98. The number of rotatable bonds is 4. The van der Waals surface area contributed by atoms with Crippen molar-refractivity contribution in [3.63, 3.8) is 0 Å². The van der Waals surface area contributed by atoms with Gasteiger partial charge in [0, 0.05) is 8.95 Å². The summed E-state index contributed by atoms with van der Waals surface area (Å²) in [4.78, 5) is 0. The van der Waals surface area contributed by atoms with Crippen LogP contribution in [0.3, 0.4) is 0 Å². The highest BCUT2D eigenvalue weighted by Crippen LogP contribution is 2.32. The fraction of sp³-hybridized carbons (Fsp3) is 0.200. The molecule has 2 nitrogen and oxygen atoms in total. The van der Waals surface area contributed by atoms with E-state index in [0.717, 1.165) is 25.8 Å². The van der Waals surface area contributed by atoms with Crippen LogP contribution in [0, 0.1) is 5.82 Å².